The van der Waals surface area contributed by atoms with Gasteiger partial charge in [-0.2, -0.15) is 0 Å². The number of ether oxygens (including phenoxy) is 2. The van der Waals surface area contributed by atoms with Crippen molar-refractivity contribution in [1.29, 1.82) is 0 Å². The van der Waals surface area contributed by atoms with E-state index in [9.17, 15) is 9.59 Å². The number of amides is 3. The van der Waals surface area contributed by atoms with Gasteiger partial charge in [-0.25, -0.2) is 4.79 Å². The van der Waals surface area contributed by atoms with E-state index in [-0.39, 0.29) is 18.5 Å². The predicted octanol–water partition coefficient (Wildman–Crippen LogP) is 5.39. The molecule has 0 unspecified atom stereocenters. The number of hydrogen-bond acceptors (Lipinski definition) is 4. The van der Waals surface area contributed by atoms with E-state index in [1.165, 1.54) is 0 Å². The van der Waals surface area contributed by atoms with Gasteiger partial charge in [0.25, 0.3) is 5.91 Å². The Hall–Kier alpha value is -4.26. The topological polar surface area (TPSA) is 88.7 Å². The van der Waals surface area contributed by atoms with Gasteiger partial charge in [-0.1, -0.05) is 42.5 Å². The second-order valence-electron chi connectivity index (χ2n) is 6.77. The van der Waals surface area contributed by atoms with Crippen LogP contribution in [0.4, 0.5) is 21.9 Å². The molecule has 0 saturated heterocycles. The second kappa shape index (κ2) is 11.2. The van der Waals surface area contributed by atoms with Crippen molar-refractivity contribution in [2.24, 2.45) is 0 Å². The highest BCUT2D eigenvalue weighted by atomic mass is 16.5. The Bertz CT molecular complexity index is 1100. The summed E-state index contributed by atoms with van der Waals surface area (Å²) in [6, 6.07) is 21.1. The molecule has 0 aliphatic carbocycles. The Morgan fingerprint density at radius 3 is 2.22 bits per heavy atom. The number of hydrogen-bond donors (Lipinski definition) is 3. The smallest absolute Gasteiger partial charge is 0.323 e. The fourth-order valence-corrected chi connectivity index (χ4v) is 2.93. The Balaban J connectivity index is 1.55. The molecule has 0 fully saturated rings. The van der Waals surface area contributed by atoms with E-state index >= 15 is 0 Å². The van der Waals surface area contributed by atoms with Gasteiger partial charge in [0, 0.05) is 17.1 Å². The van der Waals surface area contributed by atoms with E-state index in [1.807, 2.05) is 49.4 Å². The molecule has 0 aromatic heterocycles. The summed E-state index contributed by atoms with van der Waals surface area (Å²) in [5, 5.41) is 8.23. The molecule has 3 aromatic rings. The van der Waals surface area contributed by atoms with Gasteiger partial charge in [-0.05, 0) is 55.0 Å². The van der Waals surface area contributed by atoms with Gasteiger partial charge in [-0.3, -0.25) is 4.79 Å². The molecule has 7 heteroatoms. The molecule has 3 N–H and O–H groups in total. The minimum atomic E-state index is -0.378. The zero-order valence-corrected chi connectivity index (χ0v) is 17.9. The number of anilines is 3. The van der Waals surface area contributed by atoms with Crippen molar-refractivity contribution >= 4 is 35.1 Å². The van der Waals surface area contributed by atoms with E-state index < -0.39 is 0 Å². The predicted molar refractivity (Wildman–Crippen MR) is 127 cm³/mol. The van der Waals surface area contributed by atoms with Crippen LogP contribution in [0.1, 0.15) is 12.5 Å². The fourth-order valence-electron chi connectivity index (χ4n) is 2.93. The lowest BCUT2D eigenvalue weighted by Crippen LogP contribution is -2.21. The molecule has 0 radical (unpaired) electrons. The van der Waals surface area contributed by atoms with Crippen molar-refractivity contribution in [2.45, 2.75) is 6.92 Å². The number of benzene rings is 3. The van der Waals surface area contributed by atoms with Gasteiger partial charge < -0.3 is 25.4 Å². The number of nitrogens with one attached hydrogen (secondary N) is 3. The Morgan fingerprint density at radius 2 is 1.50 bits per heavy atom. The molecule has 0 atom stereocenters. The molecule has 7 nitrogen and oxygen atoms in total. The maximum atomic E-state index is 12.3. The number of allylic oxidation sites excluding steroid dienone is 1. The van der Waals surface area contributed by atoms with Gasteiger partial charge in [0.15, 0.2) is 18.1 Å². The first kappa shape index (κ1) is 22.4. The highest BCUT2D eigenvalue weighted by Crippen LogP contribution is 2.28. The first-order chi connectivity index (χ1) is 15.6. The lowest BCUT2D eigenvalue weighted by atomic mass is 10.2. The number of carbonyl (C=O) groups is 2. The summed E-state index contributed by atoms with van der Waals surface area (Å²) in [6.07, 6.45) is 3.87. The van der Waals surface area contributed by atoms with Crippen LogP contribution in [0.5, 0.6) is 11.5 Å². The van der Waals surface area contributed by atoms with Crippen LogP contribution in [0, 0.1) is 0 Å². The van der Waals surface area contributed by atoms with Gasteiger partial charge >= 0.3 is 6.03 Å². The van der Waals surface area contributed by atoms with Gasteiger partial charge in [0.2, 0.25) is 0 Å². The normalized spacial score (nSPS) is 10.4. The van der Waals surface area contributed by atoms with Crippen LogP contribution in [-0.2, 0) is 4.79 Å². The molecule has 3 aromatic carbocycles. The van der Waals surface area contributed by atoms with Crippen molar-refractivity contribution in [1.82, 2.24) is 0 Å². The van der Waals surface area contributed by atoms with Crippen molar-refractivity contribution in [3.63, 3.8) is 0 Å². The minimum absolute atomic E-state index is 0.189. The molecule has 32 heavy (non-hydrogen) atoms. The number of rotatable bonds is 8. The summed E-state index contributed by atoms with van der Waals surface area (Å²) in [6.45, 7) is 1.74. The minimum Gasteiger partial charge on any atom is -0.493 e. The fraction of sp³-hybridized carbons (Fsp3) is 0.120. The summed E-state index contributed by atoms with van der Waals surface area (Å²) in [5.41, 5.74) is 2.73. The van der Waals surface area contributed by atoms with Crippen LogP contribution < -0.4 is 25.4 Å². The number of urea groups is 1. The highest BCUT2D eigenvalue weighted by molar-refractivity contribution is 6.00. The first-order valence-electron chi connectivity index (χ1n) is 10.0. The van der Waals surface area contributed by atoms with Gasteiger partial charge in [0.1, 0.15) is 0 Å². The van der Waals surface area contributed by atoms with E-state index in [0.717, 1.165) is 5.56 Å². The van der Waals surface area contributed by atoms with Crippen LogP contribution in [0.25, 0.3) is 6.08 Å². The molecule has 0 heterocycles. The zero-order valence-electron chi connectivity index (χ0n) is 17.9. The number of carbonyl (C=O) groups excluding carboxylic acids is 2. The molecule has 164 valence electrons. The van der Waals surface area contributed by atoms with Crippen LogP contribution >= 0.6 is 0 Å². The van der Waals surface area contributed by atoms with E-state index in [4.69, 9.17) is 9.47 Å². The molecular weight excluding hydrogens is 406 g/mol. The lowest BCUT2D eigenvalue weighted by Gasteiger charge is -2.12. The quantitative estimate of drug-likeness (QED) is 0.446. The summed E-state index contributed by atoms with van der Waals surface area (Å²) >= 11 is 0. The first-order valence-corrected chi connectivity index (χ1v) is 10.0. The average molecular weight is 431 g/mol. The molecule has 0 aliphatic heterocycles. The average Bonchev–Trinajstić information content (AvgIpc) is 2.79. The third-order valence-corrected chi connectivity index (χ3v) is 4.34. The maximum Gasteiger partial charge on any atom is 0.323 e. The van der Waals surface area contributed by atoms with Crippen LogP contribution in [-0.4, -0.2) is 25.7 Å². The van der Waals surface area contributed by atoms with E-state index in [0.29, 0.717) is 28.6 Å². The van der Waals surface area contributed by atoms with Gasteiger partial charge in [-0.15, -0.1) is 0 Å². The van der Waals surface area contributed by atoms with Crippen molar-refractivity contribution in [3.8, 4) is 11.5 Å². The Kier molecular flexibility index (Phi) is 7.86. The number of para-hydroxylation sites is 1. The largest absolute Gasteiger partial charge is 0.493 e. The second-order valence-corrected chi connectivity index (χ2v) is 6.77. The summed E-state index contributed by atoms with van der Waals surface area (Å²) in [5.74, 6) is 0.684. The van der Waals surface area contributed by atoms with E-state index in [2.05, 4.69) is 16.0 Å². The third-order valence-electron chi connectivity index (χ3n) is 4.34. The van der Waals surface area contributed by atoms with Crippen LogP contribution in [0.15, 0.2) is 78.9 Å². The maximum absolute atomic E-state index is 12.3. The van der Waals surface area contributed by atoms with E-state index in [1.54, 1.807) is 49.6 Å². The monoisotopic (exact) mass is 431 g/mol. The summed E-state index contributed by atoms with van der Waals surface area (Å²) in [7, 11) is 1.55. The van der Waals surface area contributed by atoms with Gasteiger partial charge in [0.05, 0.1) is 7.11 Å². The van der Waals surface area contributed by atoms with Crippen molar-refractivity contribution in [2.75, 3.05) is 29.7 Å². The summed E-state index contributed by atoms with van der Waals surface area (Å²) < 4.78 is 11.0. The highest BCUT2D eigenvalue weighted by Gasteiger charge is 2.09. The van der Waals surface area contributed by atoms with Crippen LogP contribution in [0.2, 0.25) is 0 Å². The summed E-state index contributed by atoms with van der Waals surface area (Å²) in [4.78, 5) is 24.5. The third kappa shape index (κ3) is 6.63. The molecule has 0 bridgehead atoms. The molecule has 3 rings (SSSR count). The van der Waals surface area contributed by atoms with Crippen LogP contribution in [0.3, 0.4) is 0 Å². The SMILES string of the molecule is C/C=C/c1ccc(OCC(=O)Nc2cccc(NC(=O)Nc3ccccc3)c2)c(OC)c1. The molecule has 0 spiro atoms. The zero-order chi connectivity index (χ0) is 22.8. The van der Waals surface area contributed by atoms with Crippen molar-refractivity contribution < 1.29 is 19.1 Å². The molecular formula is C25H25N3O4. The molecule has 3 amide bonds. The lowest BCUT2D eigenvalue weighted by molar-refractivity contribution is -0.118. The number of methoxy groups -OCH3 is 1. The van der Waals surface area contributed by atoms with Crippen molar-refractivity contribution in [3.05, 3.63) is 84.4 Å². The Morgan fingerprint density at radius 1 is 0.812 bits per heavy atom. The standard InChI is InChI=1S/C25H25N3O4/c1-3-8-18-13-14-22(23(15-18)31-2)32-17-24(29)26-20-11-7-12-21(16-20)28-25(30)27-19-9-5-4-6-10-19/h3-16H,17H2,1-2H3,(H,26,29)(H2,27,28,30)/b8-3+. The molecule has 0 aliphatic rings. The Labute approximate surface area is 187 Å². The molecule has 0 saturated carbocycles.